The van der Waals surface area contributed by atoms with Crippen LogP contribution in [0, 0.1) is 0 Å². The van der Waals surface area contributed by atoms with Crippen molar-refractivity contribution in [2.24, 2.45) is 0 Å². The van der Waals surface area contributed by atoms with Crippen molar-refractivity contribution in [1.82, 2.24) is 4.57 Å². The number of aliphatic hydroxyl groups excluding tert-OH is 1. The van der Waals surface area contributed by atoms with E-state index >= 15 is 0 Å². The van der Waals surface area contributed by atoms with E-state index in [2.05, 4.69) is 16.7 Å². The Balaban J connectivity index is 2.08. The number of benzene rings is 1. The van der Waals surface area contributed by atoms with Crippen molar-refractivity contribution in [1.29, 1.82) is 0 Å². The van der Waals surface area contributed by atoms with Gasteiger partial charge in [-0.15, -0.1) is 11.3 Å². The predicted molar refractivity (Wildman–Crippen MR) is 111 cm³/mol. The van der Waals surface area contributed by atoms with Crippen molar-refractivity contribution in [3.05, 3.63) is 46.3 Å². The Kier molecular flexibility index (Phi) is 5.53. The average molecular weight is 400 g/mol. The van der Waals surface area contributed by atoms with E-state index in [0.717, 1.165) is 34.3 Å². The molecule has 3 aromatic rings. The average Bonchev–Trinajstić information content (AvgIpc) is 3.24. The van der Waals surface area contributed by atoms with Gasteiger partial charge in [-0.1, -0.05) is 49.6 Å². The van der Waals surface area contributed by atoms with Crippen LogP contribution < -0.4 is 0 Å². The van der Waals surface area contributed by atoms with E-state index in [-0.39, 0.29) is 11.5 Å². The van der Waals surface area contributed by atoms with E-state index < -0.39 is 5.97 Å². The monoisotopic (exact) mass is 399 g/mol. The molecule has 4 rings (SSSR count). The summed E-state index contributed by atoms with van der Waals surface area (Å²) in [6.07, 6.45) is 5.87. The number of aromatic nitrogens is 1. The topological polar surface area (TPSA) is 71.7 Å². The quantitative estimate of drug-likeness (QED) is 0.597. The number of carbonyl (C=O) groups is 1. The summed E-state index contributed by atoms with van der Waals surface area (Å²) in [6.45, 7) is 0.0178. The molecule has 0 radical (unpaired) electrons. The molecule has 0 atom stereocenters. The standard InChI is InChI=1S/C22H25NO4S/c1-27-13-23-18(15-10-6-3-7-11-15)17(14-8-4-2-5-9-14)21-19(23)16(12-24)20(28-21)22(25)26/h3,6-7,10-11,14,24H,2,4-5,8-9,12-13H2,1H3,(H,25,26). The van der Waals surface area contributed by atoms with E-state index in [4.69, 9.17) is 4.74 Å². The Hall–Kier alpha value is -2.15. The summed E-state index contributed by atoms with van der Waals surface area (Å²) in [5, 5.41) is 19.7. The third-order valence-corrected chi connectivity index (χ3v) is 6.93. The summed E-state index contributed by atoms with van der Waals surface area (Å²) in [5.41, 5.74) is 4.73. The lowest BCUT2D eigenvalue weighted by atomic mass is 9.83. The van der Waals surface area contributed by atoms with Crippen molar-refractivity contribution >= 4 is 27.5 Å². The molecular formula is C22H25NO4S. The van der Waals surface area contributed by atoms with E-state index in [1.165, 1.54) is 36.2 Å². The lowest BCUT2D eigenvalue weighted by Crippen LogP contribution is -2.09. The SMILES string of the molecule is COCn1c(-c2ccccc2)c(C2CCCCC2)c2sc(C(=O)O)c(CO)c21. The normalized spacial score (nSPS) is 15.4. The van der Waals surface area contributed by atoms with Crippen LogP contribution in [0.2, 0.25) is 0 Å². The molecule has 0 spiro atoms. The lowest BCUT2D eigenvalue weighted by Gasteiger charge is -2.23. The molecular weight excluding hydrogens is 374 g/mol. The highest BCUT2D eigenvalue weighted by molar-refractivity contribution is 7.21. The minimum atomic E-state index is -0.981. The molecule has 1 aromatic carbocycles. The molecule has 0 unspecified atom stereocenters. The van der Waals surface area contributed by atoms with Crippen LogP contribution in [0.5, 0.6) is 0 Å². The number of methoxy groups -OCH3 is 1. The van der Waals surface area contributed by atoms with E-state index in [9.17, 15) is 15.0 Å². The maximum absolute atomic E-state index is 11.8. The Morgan fingerprint density at radius 3 is 2.54 bits per heavy atom. The first-order valence-electron chi connectivity index (χ1n) is 9.73. The highest BCUT2D eigenvalue weighted by Gasteiger charge is 2.31. The second-order valence-corrected chi connectivity index (χ2v) is 8.38. The lowest BCUT2D eigenvalue weighted by molar-refractivity contribution is 0.0699. The van der Waals surface area contributed by atoms with Crippen LogP contribution in [0.15, 0.2) is 30.3 Å². The van der Waals surface area contributed by atoms with Crippen LogP contribution in [0.4, 0.5) is 0 Å². The number of ether oxygens (including phenoxy) is 1. The number of hydrogen-bond acceptors (Lipinski definition) is 4. The van der Waals surface area contributed by atoms with Crippen LogP contribution in [0.3, 0.4) is 0 Å². The molecule has 1 saturated carbocycles. The molecule has 1 aliphatic carbocycles. The fraction of sp³-hybridized carbons (Fsp3) is 0.409. The van der Waals surface area contributed by atoms with Gasteiger partial charge in [-0.25, -0.2) is 4.79 Å². The number of carboxylic acids is 1. The zero-order valence-electron chi connectivity index (χ0n) is 16.0. The van der Waals surface area contributed by atoms with Gasteiger partial charge in [-0.3, -0.25) is 0 Å². The van der Waals surface area contributed by atoms with Gasteiger partial charge in [-0.2, -0.15) is 0 Å². The number of aliphatic hydroxyl groups is 1. The molecule has 6 heteroatoms. The van der Waals surface area contributed by atoms with Crippen LogP contribution in [-0.4, -0.2) is 27.9 Å². The number of nitrogens with zero attached hydrogens (tertiary/aromatic N) is 1. The van der Waals surface area contributed by atoms with Crippen molar-refractivity contribution in [2.75, 3.05) is 7.11 Å². The van der Waals surface area contributed by atoms with Crippen LogP contribution in [-0.2, 0) is 18.1 Å². The van der Waals surface area contributed by atoms with Crippen LogP contribution >= 0.6 is 11.3 Å². The van der Waals surface area contributed by atoms with Crippen LogP contribution in [0.25, 0.3) is 21.5 Å². The van der Waals surface area contributed by atoms with Crippen molar-refractivity contribution < 1.29 is 19.7 Å². The second-order valence-electron chi connectivity index (χ2n) is 7.36. The smallest absolute Gasteiger partial charge is 0.346 e. The fourth-order valence-corrected chi connectivity index (χ4v) is 5.82. The number of aromatic carboxylic acids is 1. The Labute approximate surface area is 168 Å². The molecule has 148 valence electrons. The van der Waals surface area contributed by atoms with Gasteiger partial charge in [0.1, 0.15) is 11.6 Å². The maximum atomic E-state index is 11.8. The number of fused-ring (bicyclic) bond motifs is 1. The van der Waals surface area contributed by atoms with Gasteiger partial charge < -0.3 is 19.5 Å². The number of carboxylic acid groups (broad SMARTS) is 1. The first kappa shape index (κ1) is 19.2. The van der Waals surface area contributed by atoms with Gasteiger partial charge in [0.25, 0.3) is 0 Å². The summed E-state index contributed by atoms with van der Waals surface area (Å²) in [7, 11) is 1.64. The third kappa shape index (κ3) is 3.15. The van der Waals surface area contributed by atoms with E-state index in [0.29, 0.717) is 18.2 Å². The first-order chi connectivity index (χ1) is 13.7. The minimum Gasteiger partial charge on any atom is -0.477 e. The molecule has 5 nitrogen and oxygen atoms in total. The Morgan fingerprint density at radius 2 is 1.93 bits per heavy atom. The molecule has 0 saturated heterocycles. The summed E-state index contributed by atoms with van der Waals surface area (Å²) in [5.74, 6) is -0.582. The molecule has 2 aromatic heterocycles. The molecule has 0 aliphatic heterocycles. The molecule has 2 heterocycles. The number of hydrogen-bond donors (Lipinski definition) is 2. The third-order valence-electron chi connectivity index (χ3n) is 5.69. The van der Waals surface area contributed by atoms with Crippen molar-refractivity contribution in [2.45, 2.75) is 51.4 Å². The van der Waals surface area contributed by atoms with Gasteiger partial charge >= 0.3 is 5.97 Å². The first-order valence-corrected chi connectivity index (χ1v) is 10.5. The van der Waals surface area contributed by atoms with E-state index in [1.807, 2.05) is 18.2 Å². The Bertz CT molecular complexity index is 983. The fourth-order valence-electron chi connectivity index (χ4n) is 4.54. The van der Waals surface area contributed by atoms with Gasteiger partial charge in [0.05, 0.1) is 22.5 Å². The van der Waals surface area contributed by atoms with Crippen LogP contribution in [0.1, 0.15) is 58.8 Å². The second kappa shape index (κ2) is 8.07. The molecule has 1 aliphatic rings. The predicted octanol–water partition coefficient (Wildman–Crippen LogP) is 5.21. The van der Waals surface area contributed by atoms with Gasteiger partial charge in [0.2, 0.25) is 0 Å². The zero-order valence-corrected chi connectivity index (χ0v) is 16.8. The van der Waals surface area contributed by atoms with E-state index in [1.54, 1.807) is 7.11 Å². The molecule has 2 N–H and O–H groups in total. The Morgan fingerprint density at radius 1 is 1.21 bits per heavy atom. The maximum Gasteiger partial charge on any atom is 0.346 e. The minimum absolute atomic E-state index is 0.231. The number of thiophene rings is 1. The highest BCUT2D eigenvalue weighted by Crippen LogP contribution is 2.48. The highest BCUT2D eigenvalue weighted by atomic mass is 32.1. The molecule has 0 bridgehead atoms. The summed E-state index contributed by atoms with van der Waals surface area (Å²) in [6, 6.07) is 10.2. The molecule has 1 fully saturated rings. The molecule has 28 heavy (non-hydrogen) atoms. The van der Waals surface area contributed by atoms with Gasteiger partial charge in [-0.05, 0) is 29.9 Å². The van der Waals surface area contributed by atoms with Gasteiger partial charge in [0.15, 0.2) is 0 Å². The summed E-state index contributed by atoms with van der Waals surface area (Å²) < 4.78 is 8.56. The van der Waals surface area contributed by atoms with Gasteiger partial charge in [0, 0.05) is 12.7 Å². The largest absolute Gasteiger partial charge is 0.477 e. The van der Waals surface area contributed by atoms with Crippen molar-refractivity contribution in [3.8, 4) is 11.3 Å². The van der Waals surface area contributed by atoms with Crippen molar-refractivity contribution in [3.63, 3.8) is 0 Å². The number of rotatable bonds is 6. The zero-order chi connectivity index (χ0) is 19.7. The summed E-state index contributed by atoms with van der Waals surface area (Å²) >= 11 is 1.30. The molecule has 0 amide bonds. The summed E-state index contributed by atoms with van der Waals surface area (Å²) in [4.78, 5) is 12.0.